The summed E-state index contributed by atoms with van der Waals surface area (Å²) in [6.45, 7) is 2.43. The maximum absolute atomic E-state index is 16.1. The number of rotatable bonds is 14. The van der Waals surface area contributed by atoms with Crippen LogP contribution in [0.2, 0.25) is 0 Å². The summed E-state index contributed by atoms with van der Waals surface area (Å²) in [6, 6.07) is 44.8. The van der Waals surface area contributed by atoms with Crippen molar-refractivity contribution in [3.63, 3.8) is 0 Å². The first kappa shape index (κ1) is 48.3. The van der Waals surface area contributed by atoms with Gasteiger partial charge < -0.3 is 9.47 Å². The maximum Gasteiger partial charge on any atom is 0.380 e. The molecule has 0 saturated carbocycles. The summed E-state index contributed by atoms with van der Waals surface area (Å²) in [5.41, 5.74) is -0.515. The molecule has 0 aliphatic heterocycles. The summed E-state index contributed by atoms with van der Waals surface area (Å²) >= 11 is 1.94. The molecule has 0 radical (unpaired) electrons. The van der Waals surface area contributed by atoms with Gasteiger partial charge in [0, 0.05) is 52.9 Å². The van der Waals surface area contributed by atoms with E-state index in [4.69, 9.17) is 9.47 Å². The van der Waals surface area contributed by atoms with Gasteiger partial charge in [0.05, 0.1) is 11.1 Å². The van der Waals surface area contributed by atoms with E-state index in [2.05, 4.69) is 0 Å². The summed E-state index contributed by atoms with van der Waals surface area (Å²) < 4.78 is 106. The van der Waals surface area contributed by atoms with E-state index in [0.717, 1.165) is 22.7 Å². The van der Waals surface area contributed by atoms with Crippen molar-refractivity contribution in [2.75, 3.05) is 0 Å². The number of esters is 2. The van der Waals surface area contributed by atoms with Crippen LogP contribution in [-0.2, 0) is 22.7 Å². The van der Waals surface area contributed by atoms with Crippen LogP contribution in [0.1, 0.15) is 84.6 Å². The van der Waals surface area contributed by atoms with Crippen molar-refractivity contribution in [3.8, 4) is 20.9 Å². The van der Waals surface area contributed by atoms with E-state index in [1.165, 1.54) is 50.2 Å². The second kappa shape index (κ2) is 19.3. The fourth-order valence-corrected chi connectivity index (χ4v) is 10.4. The number of benzene rings is 6. The summed E-state index contributed by atoms with van der Waals surface area (Å²) in [5.74, 6) is -18.5. The zero-order valence-corrected chi connectivity index (χ0v) is 39.2. The Morgan fingerprint density at radius 1 is 0.437 bits per heavy atom. The van der Waals surface area contributed by atoms with Crippen molar-refractivity contribution < 1.29 is 55.0 Å². The number of hydrogen-bond donors (Lipinski definition) is 0. The lowest BCUT2D eigenvalue weighted by molar-refractivity contribution is -0.254. The van der Waals surface area contributed by atoms with Crippen molar-refractivity contribution in [1.29, 1.82) is 0 Å². The monoisotopic (exact) mass is 996 g/mol. The Balaban J connectivity index is 0.934. The molecule has 14 heteroatoms. The number of ether oxygens (including phenoxy) is 2. The second-order valence-corrected chi connectivity index (χ2v) is 19.2. The topological polar surface area (TPSA) is 86.7 Å². The molecule has 2 heterocycles. The lowest BCUT2D eigenvalue weighted by Gasteiger charge is -2.25. The zero-order valence-electron chi connectivity index (χ0n) is 37.6. The van der Waals surface area contributed by atoms with Crippen molar-refractivity contribution in [1.82, 2.24) is 0 Å². The van der Waals surface area contributed by atoms with Gasteiger partial charge in [0.2, 0.25) is 0 Å². The summed E-state index contributed by atoms with van der Waals surface area (Å²) in [7, 11) is 0. The Morgan fingerprint density at radius 3 is 1.11 bits per heavy atom. The lowest BCUT2D eigenvalue weighted by atomic mass is 9.94. The molecule has 0 spiro atoms. The molecule has 6 aromatic carbocycles. The van der Waals surface area contributed by atoms with Gasteiger partial charge in [-0.05, 0) is 71.5 Å². The Hall–Kier alpha value is -7.68. The minimum absolute atomic E-state index is 0.0760. The van der Waals surface area contributed by atoms with Gasteiger partial charge in [-0.25, -0.2) is 9.59 Å². The van der Waals surface area contributed by atoms with E-state index >= 15 is 26.3 Å². The third-order valence-corrected chi connectivity index (χ3v) is 14.3. The van der Waals surface area contributed by atoms with E-state index in [0.29, 0.717) is 43.1 Å². The van der Waals surface area contributed by atoms with E-state index in [1.807, 2.05) is 0 Å². The van der Waals surface area contributed by atoms with Crippen molar-refractivity contribution >= 4 is 57.3 Å². The number of thiophene rings is 2. The van der Waals surface area contributed by atoms with Gasteiger partial charge in [-0.1, -0.05) is 146 Å². The minimum Gasteiger partial charge on any atom is -0.457 e. The number of ketones is 2. The van der Waals surface area contributed by atoms with Gasteiger partial charge in [-0.2, -0.15) is 26.3 Å². The van der Waals surface area contributed by atoms with Crippen LogP contribution in [0, 0.1) is 13.8 Å². The molecular formula is C57H38F6O6S2. The molecule has 1 aliphatic carbocycles. The van der Waals surface area contributed by atoms with Crippen LogP contribution in [0.15, 0.2) is 170 Å². The highest BCUT2D eigenvalue weighted by atomic mass is 32.1. The van der Waals surface area contributed by atoms with E-state index in [9.17, 15) is 19.2 Å². The van der Waals surface area contributed by atoms with Gasteiger partial charge in [-0.3, -0.25) is 9.59 Å². The molecule has 71 heavy (non-hydrogen) atoms. The maximum atomic E-state index is 16.1. The van der Waals surface area contributed by atoms with Crippen LogP contribution in [0.4, 0.5) is 26.3 Å². The summed E-state index contributed by atoms with van der Waals surface area (Å²) in [6.07, 6.45) is 0. The van der Waals surface area contributed by atoms with E-state index < -0.39 is 52.0 Å². The average molecular weight is 997 g/mol. The van der Waals surface area contributed by atoms with Crippen molar-refractivity contribution in [2.45, 2.75) is 44.8 Å². The molecule has 9 rings (SSSR count). The van der Waals surface area contributed by atoms with Crippen LogP contribution in [0.3, 0.4) is 0 Å². The van der Waals surface area contributed by atoms with Gasteiger partial charge in [0.25, 0.3) is 0 Å². The minimum atomic E-state index is -5.77. The normalized spacial score (nSPS) is 14.5. The largest absolute Gasteiger partial charge is 0.457 e. The summed E-state index contributed by atoms with van der Waals surface area (Å²) in [4.78, 5) is 53.6. The Labute approximate surface area is 411 Å². The molecule has 0 saturated heterocycles. The first-order chi connectivity index (χ1) is 34.0. The molecule has 6 nitrogen and oxygen atoms in total. The lowest BCUT2D eigenvalue weighted by Crippen LogP contribution is -2.48. The molecule has 356 valence electrons. The Kier molecular flexibility index (Phi) is 13.1. The predicted molar refractivity (Wildman–Crippen MR) is 262 cm³/mol. The third kappa shape index (κ3) is 9.05. The summed E-state index contributed by atoms with van der Waals surface area (Å²) in [5, 5.41) is 0. The Bertz CT molecular complexity index is 3150. The number of hydrogen-bond acceptors (Lipinski definition) is 8. The first-order valence-electron chi connectivity index (χ1n) is 22.0. The highest BCUT2D eigenvalue weighted by molar-refractivity contribution is 7.16. The first-order valence-corrected chi connectivity index (χ1v) is 23.6. The van der Waals surface area contributed by atoms with Crippen LogP contribution in [0.5, 0.6) is 0 Å². The second-order valence-electron chi connectivity index (χ2n) is 16.7. The van der Waals surface area contributed by atoms with Crippen molar-refractivity contribution in [3.05, 3.63) is 235 Å². The highest BCUT2D eigenvalue weighted by Gasteiger charge is 2.80. The molecule has 0 N–H and O–H groups in total. The van der Waals surface area contributed by atoms with Gasteiger partial charge in [0.15, 0.2) is 11.6 Å². The molecule has 2 aromatic heterocycles. The van der Waals surface area contributed by atoms with E-state index in [-0.39, 0.29) is 56.8 Å². The number of alkyl halides is 6. The number of carbonyl (C=O) groups is 4. The molecule has 0 atom stereocenters. The van der Waals surface area contributed by atoms with Crippen LogP contribution in [0.25, 0.3) is 32.0 Å². The SMILES string of the molecule is Cc1sc(-c2ccc(COC(=O)c3ccccc3C(=O)c3ccccc3)cc2)cc1C1=C(c2cc(-c3ccc(COC(=O)c4ccccc4C(=O)c4ccccc4)cc3)sc2C)C(F)(F)C(F)(F)C1(F)F. The highest BCUT2D eigenvalue weighted by Crippen LogP contribution is 2.66. The third-order valence-electron chi connectivity index (χ3n) is 12.1. The van der Waals surface area contributed by atoms with Crippen LogP contribution < -0.4 is 0 Å². The Morgan fingerprint density at radius 2 is 0.761 bits per heavy atom. The van der Waals surface area contributed by atoms with Crippen molar-refractivity contribution in [2.24, 2.45) is 0 Å². The molecule has 1 aliphatic rings. The van der Waals surface area contributed by atoms with Gasteiger partial charge in [-0.15, -0.1) is 22.7 Å². The quantitative estimate of drug-likeness (QED) is 0.0613. The fraction of sp³-hybridized carbons (Fsp3) is 0.123. The number of allylic oxidation sites excluding steroid dienone is 2. The molecular weight excluding hydrogens is 959 g/mol. The average Bonchev–Trinajstić information content (AvgIpc) is 3.99. The van der Waals surface area contributed by atoms with E-state index in [1.54, 1.807) is 133 Å². The van der Waals surface area contributed by atoms with Crippen LogP contribution >= 0.6 is 22.7 Å². The molecule has 0 amide bonds. The molecule has 8 aromatic rings. The van der Waals surface area contributed by atoms with Crippen LogP contribution in [-0.4, -0.2) is 41.3 Å². The fourth-order valence-electron chi connectivity index (χ4n) is 8.37. The van der Waals surface area contributed by atoms with Gasteiger partial charge >= 0.3 is 29.7 Å². The predicted octanol–water partition coefficient (Wildman–Crippen LogP) is 14.8. The molecule has 0 bridgehead atoms. The smallest absolute Gasteiger partial charge is 0.380 e. The number of halogens is 6. The van der Waals surface area contributed by atoms with Gasteiger partial charge in [0.1, 0.15) is 13.2 Å². The number of carbonyl (C=O) groups excluding carboxylic acids is 4. The number of aryl methyl sites for hydroxylation is 2. The zero-order chi connectivity index (χ0) is 50.2. The molecule has 0 unspecified atom stereocenters. The molecule has 0 fully saturated rings. The standard InChI is InChI=1S/C57H38F6O6S2/c1-33-45(29-47(70-33)37-25-21-35(22-26-37)31-68-53(66)43-19-11-9-17-41(43)51(64)39-13-5-3-6-14-39)49-50(56(60,61)57(62,63)55(49,58)59)46-30-48(71-34(46)2)38-27-23-36(24-28-38)32-69-54(67)44-20-12-10-18-42(44)52(65)40-15-7-4-8-16-40/h3-30H,31-32H2,1-2H3.